The Hall–Kier alpha value is -4.55. The summed E-state index contributed by atoms with van der Waals surface area (Å²) in [4.78, 5) is 42.3. The van der Waals surface area contributed by atoms with Gasteiger partial charge in [0.25, 0.3) is 5.91 Å². The zero-order chi connectivity index (χ0) is 28.9. The van der Waals surface area contributed by atoms with Gasteiger partial charge in [0.2, 0.25) is 5.91 Å². The van der Waals surface area contributed by atoms with Crippen LogP contribution in [0.3, 0.4) is 0 Å². The van der Waals surface area contributed by atoms with Gasteiger partial charge in [-0.15, -0.1) is 13.2 Å². The van der Waals surface area contributed by atoms with Crippen LogP contribution in [-0.4, -0.2) is 64.9 Å². The normalized spacial score (nSPS) is 14.1. The summed E-state index contributed by atoms with van der Waals surface area (Å²) in [5.74, 6) is -1.29. The molecule has 0 atom stereocenters. The number of carbonyl (C=O) groups is 3. The standard InChI is InChI=1S/C27H27F3N4O6/c1-38-25(36)15-33-14-22(32-16-33)18-4-7-23(21(13-18)26(31)37)39-19-8-10-34(11-9-19)24(35)12-17-2-5-20(6-3-17)40-27(28,29)30/h2-7,13-14,16,19H,8-12,15H2,1H3,(H2,31,37). The summed E-state index contributed by atoms with van der Waals surface area (Å²) in [6, 6.07) is 10.1. The number of aromatic nitrogens is 2. The Labute approximate surface area is 227 Å². The van der Waals surface area contributed by atoms with E-state index in [9.17, 15) is 27.6 Å². The fraction of sp³-hybridized carbons (Fsp3) is 0.333. The van der Waals surface area contributed by atoms with Crippen molar-refractivity contribution in [2.75, 3.05) is 20.2 Å². The average Bonchev–Trinajstić information content (AvgIpc) is 3.37. The molecule has 1 aromatic heterocycles. The van der Waals surface area contributed by atoms with Crippen molar-refractivity contribution in [2.24, 2.45) is 5.73 Å². The number of nitrogens with zero attached hydrogens (tertiary/aromatic N) is 3. The largest absolute Gasteiger partial charge is 0.573 e. The maximum Gasteiger partial charge on any atom is 0.573 e. The molecule has 2 heterocycles. The van der Waals surface area contributed by atoms with Crippen LogP contribution in [0, 0.1) is 0 Å². The number of hydrogen-bond acceptors (Lipinski definition) is 7. The topological polar surface area (TPSA) is 126 Å². The smallest absolute Gasteiger partial charge is 0.489 e. The SMILES string of the molecule is COC(=O)Cn1cnc(-c2ccc(OC3CCN(C(=O)Cc4ccc(OC(F)(F)F)cc4)CC3)c(C(N)=O)c2)c1. The second kappa shape index (κ2) is 12.1. The van der Waals surface area contributed by atoms with Crippen LogP contribution >= 0.6 is 0 Å². The quantitative estimate of drug-likeness (QED) is 0.398. The van der Waals surface area contributed by atoms with Crippen molar-refractivity contribution in [1.29, 1.82) is 0 Å². The number of alkyl halides is 3. The lowest BCUT2D eigenvalue weighted by Crippen LogP contribution is -2.42. The van der Waals surface area contributed by atoms with Gasteiger partial charge in [-0.05, 0) is 35.9 Å². The Bertz CT molecular complexity index is 1370. The summed E-state index contributed by atoms with van der Waals surface area (Å²) in [5.41, 5.74) is 7.50. The number of rotatable bonds is 9. The number of halogens is 3. The number of likely N-dealkylation sites (tertiary alicyclic amines) is 1. The van der Waals surface area contributed by atoms with Crippen LogP contribution < -0.4 is 15.2 Å². The molecule has 40 heavy (non-hydrogen) atoms. The molecule has 0 bridgehead atoms. The van der Waals surface area contributed by atoms with E-state index in [4.69, 9.17) is 10.5 Å². The van der Waals surface area contributed by atoms with Gasteiger partial charge in [-0.25, -0.2) is 4.98 Å². The second-order valence-electron chi connectivity index (χ2n) is 9.15. The van der Waals surface area contributed by atoms with Crippen LogP contribution in [-0.2, 0) is 27.3 Å². The summed E-state index contributed by atoms with van der Waals surface area (Å²) in [6.07, 6.45) is -0.834. The summed E-state index contributed by atoms with van der Waals surface area (Å²) in [7, 11) is 1.29. The molecule has 13 heteroatoms. The van der Waals surface area contributed by atoms with Gasteiger partial charge in [-0.1, -0.05) is 12.1 Å². The molecule has 1 fully saturated rings. The third kappa shape index (κ3) is 7.52. The summed E-state index contributed by atoms with van der Waals surface area (Å²) < 4.78 is 53.1. The van der Waals surface area contributed by atoms with E-state index in [0.717, 1.165) is 0 Å². The Morgan fingerprint density at radius 3 is 2.40 bits per heavy atom. The van der Waals surface area contributed by atoms with E-state index in [-0.39, 0.29) is 36.3 Å². The number of nitrogens with two attached hydrogens (primary N) is 1. The van der Waals surface area contributed by atoms with Crippen LogP contribution in [0.4, 0.5) is 13.2 Å². The number of hydrogen-bond donors (Lipinski definition) is 1. The number of amides is 2. The Morgan fingerprint density at radius 2 is 1.77 bits per heavy atom. The molecule has 2 amide bonds. The highest BCUT2D eigenvalue weighted by Gasteiger charge is 2.31. The first-order valence-electron chi connectivity index (χ1n) is 12.3. The van der Waals surface area contributed by atoms with E-state index in [1.165, 1.54) is 37.7 Å². The number of methoxy groups -OCH3 is 1. The highest BCUT2D eigenvalue weighted by atomic mass is 19.4. The lowest BCUT2D eigenvalue weighted by atomic mass is 10.0. The summed E-state index contributed by atoms with van der Waals surface area (Å²) in [5, 5.41) is 0. The van der Waals surface area contributed by atoms with Crippen LogP contribution in [0.25, 0.3) is 11.3 Å². The fourth-order valence-corrected chi connectivity index (χ4v) is 4.29. The van der Waals surface area contributed by atoms with Crippen molar-refractivity contribution >= 4 is 17.8 Å². The van der Waals surface area contributed by atoms with E-state index >= 15 is 0 Å². The lowest BCUT2D eigenvalue weighted by molar-refractivity contribution is -0.274. The van der Waals surface area contributed by atoms with E-state index in [2.05, 4.69) is 14.5 Å². The predicted molar refractivity (Wildman–Crippen MR) is 135 cm³/mol. The molecule has 212 valence electrons. The van der Waals surface area contributed by atoms with Crippen molar-refractivity contribution in [3.05, 3.63) is 66.1 Å². The number of imidazole rings is 1. The van der Waals surface area contributed by atoms with E-state index in [0.29, 0.717) is 48.5 Å². The summed E-state index contributed by atoms with van der Waals surface area (Å²) in [6.45, 7) is 0.832. The van der Waals surface area contributed by atoms with E-state index in [1.54, 1.807) is 33.9 Å². The van der Waals surface area contributed by atoms with Crippen molar-refractivity contribution in [1.82, 2.24) is 14.5 Å². The molecule has 4 rings (SSSR count). The Balaban J connectivity index is 1.33. The highest BCUT2D eigenvalue weighted by Crippen LogP contribution is 2.29. The molecule has 1 aliphatic rings. The van der Waals surface area contributed by atoms with Crippen molar-refractivity contribution in [2.45, 2.75) is 38.3 Å². The number of carbonyl (C=O) groups excluding carboxylic acids is 3. The molecule has 1 aliphatic heterocycles. The zero-order valence-corrected chi connectivity index (χ0v) is 21.5. The molecule has 10 nitrogen and oxygen atoms in total. The molecular formula is C27H27F3N4O6. The van der Waals surface area contributed by atoms with Crippen molar-refractivity contribution in [3.63, 3.8) is 0 Å². The van der Waals surface area contributed by atoms with Gasteiger partial charge < -0.3 is 29.4 Å². The maximum atomic E-state index is 12.7. The number of esters is 1. The van der Waals surface area contributed by atoms with Crippen LogP contribution in [0.2, 0.25) is 0 Å². The van der Waals surface area contributed by atoms with Gasteiger partial charge in [0.1, 0.15) is 24.1 Å². The van der Waals surface area contributed by atoms with Gasteiger partial charge in [-0.3, -0.25) is 14.4 Å². The van der Waals surface area contributed by atoms with E-state index in [1.807, 2.05) is 0 Å². The number of benzene rings is 2. The van der Waals surface area contributed by atoms with Gasteiger partial charge in [0, 0.05) is 37.7 Å². The average molecular weight is 561 g/mol. The van der Waals surface area contributed by atoms with Crippen LogP contribution in [0.15, 0.2) is 55.0 Å². The van der Waals surface area contributed by atoms with Gasteiger partial charge in [-0.2, -0.15) is 0 Å². The number of primary amides is 1. The minimum absolute atomic E-state index is 0.00221. The molecule has 2 aromatic carbocycles. The zero-order valence-electron chi connectivity index (χ0n) is 21.5. The molecule has 1 saturated heterocycles. The number of piperidine rings is 1. The molecule has 0 saturated carbocycles. The number of ether oxygens (including phenoxy) is 3. The minimum Gasteiger partial charge on any atom is -0.489 e. The first kappa shape index (κ1) is 28.5. The molecule has 0 radical (unpaired) electrons. The summed E-state index contributed by atoms with van der Waals surface area (Å²) >= 11 is 0. The molecule has 2 N–H and O–H groups in total. The molecule has 0 aliphatic carbocycles. The molecule has 3 aromatic rings. The molecule has 0 spiro atoms. The van der Waals surface area contributed by atoms with Crippen molar-refractivity contribution in [3.8, 4) is 22.8 Å². The van der Waals surface area contributed by atoms with Crippen molar-refractivity contribution < 1.29 is 41.8 Å². The predicted octanol–water partition coefficient (Wildman–Crippen LogP) is 3.33. The monoisotopic (exact) mass is 560 g/mol. The first-order valence-corrected chi connectivity index (χ1v) is 12.3. The highest BCUT2D eigenvalue weighted by molar-refractivity contribution is 5.97. The maximum absolute atomic E-state index is 12.7. The van der Waals surface area contributed by atoms with E-state index < -0.39 is 18.2 Å². The Morgan fingerprint density at radius 1 is 1.07 bits per heavy atom. The molecular weight excluding hydrogens is 533 g/mol. The second-order valence-corrected chi connectivity index (χ2v) is 9.15. The molecule has 0 unspecified atom stereocenters. The fourth-order valence-electron chi connectivity index (χ4n) is 4.29. The van der Waals surface area contributed by atoms with Gasteiger partial charge in [0.15, 0.2) is 0 Å². The minimum atomic E-state index is -4.78. The van der Waals surface area contributed by atoms with Gasteiger partial charge >= 0.3 is 12.3 Å². The third-order valence-corrected chi connectivity index (χ3v) is 6.31. The van der Waals surface area contributed by atoms with Gasteiger partial charge in [0.05, 0.1) is 31.1 Å². The Kier molecular flexibility index (Phi) is 8.61. The first-order chi connectivity index (χ1) is 19.0. The third-order valence-electron chi connectivity index (χ3n) is 6.31. The van der Waals surface area contributed by atoms with Crippen LogP contribution in [0.5, 0.6) is 11.5 Å². The lowest BCUT2D eigenvalue weighted by Gasteiger charge is -2.32. The van der Waals surface area contributed by atoms with Crippen LogP contribution in [0.1, 0.15) is 28.8 Å².